The second-order valence-corrected chi connectivity index (χ2v) is 4.72. The Bertz CT molecular complexity index is 754. The molecule has 0 aliphatic rings. The van der Waals surface area contributed by atoms with E-state index in [4.69, 9.17) is 16.9 Å². The molecule has 0 saturated carbocycles. The van der Waals surface area contributed by atoms with E-state index in [9.17, 15) is 5.26 Å². The van der Waals surface area contributed by atoms with E-state index in [2.05, 4.69) is 22.4 Å². The molecule has 0 saturated heterocycles. The molecule has 0 atom stereocenters. The number of pyridine rings is 1. The Morgan fingerprint density at radius 1 is 1.10 bits per heavy atom. The average Bonchev–Trinajstić information content (AvgIpc) is 2.41. The topological polar surface area (TPSA) is 72.5 Å². The molecular formula is C15H11ClN4. The fourth-order valence-electron chi connectivity index (χ4n) is 1.90. The molecule has 0 aliphatic heterocycles. The first-order chi connectivity index (χ1) is 9.55. The van der Waals surface area contributed by atoms with Crippen LogP contribution in [0, 0.1) is 36.5 Å². The van der Waals surface area contributed by atoms with Gasteiger partial charge >= 0.3 is 0 Å². The summed E-state index contributed by atoms with van der Waals surface area (Å²) in [4.78, 5) is 4.26. The van der Waals surface area contributed by atoms with Gasteiger partial charge in [0.25, 0.3) is 0 Å². The number of aromatic nitrogens is 1. The summed E-state index contributed by atoms with van der Waals surface area (Å²) in [5.41, 5.74) is 3.65. The van der Waals surface area contributed by atoms with Crippen molar-refractivity contribution in [2.45, 2.75) is 13.8 Å². The monoisotopic (exact) mass is 282 g/mol. The zero-order valence-corrected chi connectivity index (χ0v) is 11.8. The number of aryl methyl sites for hydroxylation is 2. The predicted octanol–water partition coefficient (Wildman–Crippen LogP) is 3.84. The third-order valence-electron chi connectivity index (χ3n) is 2.81. The number of anilines is 2. The first-order valence-corrected chi connectivity index (χ1v) is 6.28. The highest BCUT2D eigenvalue weighted by atomic mass is 35.5. The molecule has 0 aliphatic carbocycles. The summed E-state index contributed by atoms with van der Waals surface area (Å²) in [6.07, 6.45) is 0. The third-order valence-corrected chi connectivity index (χ3v) is 3.13. The molecule has 2 aromatic rings. The number of hydrogen-bond acceptors (Lipinski definition) is 4. The third kappa shape index (κ3) is 2.71. The van der Waals surface area contributed by atoms with Gasteiger partial charge in [0.15, 0.2) is 0 Å². The Labute approximate surface area is 122 Å². The van der Waals surface area contributed by atoms with Gasteiger partial charge in [-0.1, -0.05) is 11.6 Å². The van der Waals surface area contributed by atoms with Crippen molar-refractivity contribution in [3.05, 3.63) is 51.8 Å². The minimum Gasteiger partial charge on any atom is -0.353 e. The zero-order valence-electron chi connectivity index (χ0n) is 11.0. The van der Waals surface area contributed by atoms with Crippen LogP contribution in [0.2, 0.25) is 5.02 Å². The summed E-state index contributed by atoms with van der Waals surface area (Å²) < 4.78 is 0. The van der Waals surface area contributed by atoms with Gasteiger partial charge in [-0.25, -0.2) is 0 Å². The number of nitriles is 2. The molecular weight excluding hydrogens is 272 g/mol. The molecule has 20 heavy (non-hydrogen) atoms. The number of benzene rings is 1. The molecule has 0 unspecified atom stereocenters. The summed E-state index contributed by atoms with van der Waals surface area (Å²) in [6, 6.07) is 10.9. The van der Waals surface area contributed by atoms with Gasteiger partial charge in [-0.2, -0.15) is 10.5 Å². The second-order valence-electron chi connectivity index (χ2n) is 4.31. The number of hydrogen-bond donors (Lipinski definition) is 1. The van der Waals surface area contributed by atoms with Gasteiger partial charge in [0.2, 0.25) is 0 Å². The summed E-state index contributed by atoms with van der Waals surface area (Å²) in [6.45, 7) is 3.64. The van der Waals surface area contributed by atoms with E-state index in [0.29, 0.717) is 33.2 Å². The first-order valence-electron chi connectivity index (χ1n) is 5.90. The molecule has 1 aromatic heterocycles. The highest BCUT2D eigenvalue weighted by Gasteiger charge is 2.10. The van der Waals surface area contributed by atoms with Gasteiger partial charge in [0.05, 0.1) is 39.3 Å². The lowest BCUT2D eigenvalue weighted by molar-refractivity contribution is 1.11. The van der Waals surface area contributed by atoms with E-state index >= 15 is 0 Å². The van der Waals surface area contributed by atoms with Crippen molar-refractivity contribution in [1.82, 2.24) is 4.98 Å². The van der Waals surface area contributed by atoms with Crippen molar-refractivity contribution in [1.29, 1.82) is 10.5 Å². The molecule has 2 rings (SSSR count). The van der Waals surface area contributed by atoms with Gasteiger partial charge in [-0.15, -0.1) is 0 Å². The smallest absolute Gasteiger partial charge is 0.103 e. The van der Waals surface area contributed by atoms with Crippen molar-refractivity contribution < 1.29 is 0 Å². The van der Waals surface area contributed by atoms with Crippen LogP contribution >= 0.6 is 11.6 Å². The van der Waals surface area contributed by atoms with Gasteiger partial charge in [-0.3, -0.25) is 4.98 Å². The van der Waals surface area contributed by atoms with Gasteiger partial charge in [0, 0.05) is 5.69 Å². The predicted molar refractivity (Wildman–Crippen MR) is 77.9 cm³/mol. The maximum Gasteiger partial charge on any atom is 0.103 e. The molecule has 0 spiro atoms. The largest absolute Gasteiger partial charge is 0.353 e. The lowest BCUT2D eigenvalue weighted by Crippen LogP contribution is -2.00. The molecule has 4 nitrogen and oxygen atoms in total. The van der Waals surface area contributed by atoms with E-state index in [1.807, 2.05) is 6.92 Å². The first kappa shape index (κ1) is 13.9. The summed E-state index contributed by atoms with van der Waals surface area (Å²) in [5, 5.41) is 21.7. The van der Waals surface area contributed by atoms with E-state index in [1.54, 1.807) is 31.2 Å². The van der Waals surface area contributed by atoms with Crippen molar-refractivity contribution in [3.8, 4) is 12.1 Å². The SMILES string of the molecule is Cc1cc(Nc2cc(C#N)ccc2Cl)c(C#N)c(C)n1. The van der Waals surface area contributed by atoms with E-state index in [1.165, 1.54) is 0 Å². The number of nitrogens with one attached hydrogen (secondary N) is 1. The van der Waals surface area contributed by atoms with Crippen LogP contribution < -0.4 is 5.32 Å². The van der Waals surface area contributed by atoms with Crippen LogP contribution in [0.15, 0.2) is 24.3 Å². The van der Waals surface area contributed by atoms with Crippen LogP contribution in [0.4, 0.5) is 11.4 Å². The van der Waals surface area contributed by atoms with Crippen molar-refractivity contribution in [3.63, 3.8) is 0 Å². The fourth-order valence-corrected chi connectivity index (χ4v) is 2.07. The maximum absolute atomic E-state index is 9.22. The Morgan fingerprint density at radius 3 is 2.50 bits per heavy atom. The number of halogens is 1. The summed E-state index contributed by atoms with van der Waals surface area (Å²) in [5.74, 6) is 0. The maximum atomic E-state index is 9.22. The highest BCUT2D eigenvalue weighted by molar-refractivity contribution is 6.33. The fraction of sp³-hybridized carbons (Fsp3) is 0.133. The average molecular weight is 283 g/mol. The van der Waals surface area contributed by atoms with Crippen LogP contribution in [-0.2, 0) is 0 Å². The van der Waals surface area contributed by atoms with Crippen LogP contribution in [0.1, 0.15) is 22.5 Å². The van der Waals surface area contributed by atoms with Crippen LogP contribution in [0.25, 0.3) is 0 Å². The van der Waals surface area contributed by atoms with E-state index in [-0.39, 0.29) is 0 Å². The Kier molecular flexibility index (Phi) is 3.89. The number of nitrogens with zero attached hydrogens (tertiary/aromatic N) is 3. The quantitative estimate of drug-likeness (QED) is 0.908. The molecule has 0 amide bonds. The Balaban J connectivity index is 2.51. The Hall–Kier alpha value is -2.56. The van der Waals surface area contributed by atoms with Gasteiger partial charge in [0.1, 0.15) is 6.07 Å². The van der Waals surface area contributed by atoms with E-state index in [0.717, 1.165) is 5.69 Å². The molecule has 1 aromatic carbocycles. The molecule has 0 fully saturated rings. The standard InChI is InChI=1S/C15H11ClN4/c1-9-5-14(12(8-18)10(2)19-9)20-15-6-11(7-17)3-4-13(15)16/h3-6H,1-2H3,(H,19,20). The van der Waals surface area contributed by atoms with Crippen LogP contribution in [0.3, 0.4) is 0 Å². The minimum atomic E-state index is 0.467. The van der Waals surface area contributed by atoms with Crippen molar-refractivity contribution >= 4 is 23.0 Å². The van der Waals surface area contributed by atoms with Crippen LogP contribution in [0.5, 0.6) is 0 Å². The lowest BCUT2D eigenvalue weighted by Gasteiger charge is -2.12. The molecule has 0 bridgehead atoms. The normalized spacial score (nSPS) is 9.65. The minimum absolute atomic E-state index is 0.467. The second kappa shape index (κ2) is 5.61. The Morgan fingerprint density at radius 2 is 1.85 bits per heavy atom. The van der Waals surface area contributed by atoms with Gasteiger partial charge in [-0.05, 0) is 38.1 Å². The molecule has 5 heteroatoms. The molecule has 1 heterocycles. The van der Waals surface area contributed by atoms with Gasteiger partial charge < -0.3 is 5.32 Å². The van der Waals surface area contributed by atoms with Crippen molar-refractivity contribution in [2.75, 3.05) is 5.32 Å². The molecule has 1 N–H and O–H groups in total. The lowest BCUT2D eigenvalue weighted by atomic mass is 10.1. The molecule has 0 radical (unpaired) electrons. The molecule has 98 valence electrons. The zero-order chi connectivity index (χ0) is 14.7. The summed E-state index contributed by atoms with van der Waals surface area (Å²) >= 11 is 6.11. The number of rotatable bonds is 2. The van der Waals surface area contributed by atoms with Crippen molar-refractivity contribution in [2.24, 2.45) is 0 Å². The highest BCUT2D eigenvalue weighted by Crippen LogP contribution is 2.29. The van der Waals surface area contributed by atoms with E-state index < -0.39 is 0 Å². The summed E-state index contributed by atoms with van der Waals surface area (Å²) in [7, 11) is 0. The van der Waals surface area contributed by atoms with Crippen LogP contribution in [-0.4, -0.2) is 4.98 Å².